The molecule has 11 heteroatoms. The lowest BCUT2D eigenvalue weighted by Crippen LogP contribution is -2.35. The van der Waals surface area contributed by atoms with E-state index in [0.29, 0.717) is 29.7 Å². The smallest absolute Gasteiger partial charge is 0.421 e. The van der Waals surface area contributed by atoms with Crippen LogP contribution >= 0.6 is 11.3 Å². The van der Waals surface area contributed by atoms with Gasteiger partial charge in [0.05, 0.1) is 12.1 Å². The van der Waals surface area contributed by atoms with E-state index in [9.17, 15) is 18.3 Å². The van der Waals surface area contributed by atoms with E-state index in [2.05, 4.69) is 4.98 Å². The van der Waals surface area contributed by atoms with E-state index < -0.39 is 27.5 Å². The number of hydrogen-bond donors (Lipinski definition) is 2. The van der Waals surface area contributed by atoms with Crippen molar-refractivity contribution >= 4 is 27.5 Å². The zero-order valence-electron chi connectivity index (χ0n) is 20.3. The Balaban J connectivity index is 1.94. The second-order valence-electron chi connectivity index (χ2n) is 9.41. The third kappa shape index (κ3) is 7.12. The number of ether oxygens (including phenoxy) is 1. The van der Waals surface area contributed by atoms with Crippen LogP contribution in [0.25, 0.3) is 11.1 Å². The van der Waals surface area contributed by atoms with Crippen LogP contribution in [0.15, 0.2) is 40.9 Å². The van der Waals surface area contributed by atoms with Crippen molar-refractivity contribution in [3.63, 3.8) is 0 Å². The molecule has 0 atom stereocenters. The summed E-state index contributed by atoms with van der Waals surface area (Å²) < 4.78 is 49.6. The number of halogens is 1. The fourth-order valence-electron chi connectivity index (χ4n) is 3.35. The van der Waals surface area contributed by atoms with Gasteiger partial charge in [0.1, 0.15) is 22.5 Å². The minimum atomic E-state index is -4.31. The standard InChI is InChI=1S/C24H30FN3O5S2/c1-15(2)10-19-12-20(22(34-19)35(31,32)27-23(29)33-14-24(4,5)30)17-6-7-18(21(25)11-17)13-28-9-8-26-16(28)3/h6-9,11-12,15,30H,10,13-14H2,1-5H3,(H,27,29). The number of imidazole rings is 1. The summed E-state index contributed by atoms with van der Waals surface area (Å²) in [5.74, 6) is 0.535. The molecule has 2 N–H and O–H groups in total. The molecule has 190 valence electrons. The molecule has 3 aromatic rings. The number of nitrogens with one attached hydrogen (secondary N) is 1. The molecule has 1 aromatic carbocycles. The van der Waals surface area contributed by atoms with Gasteiger partial charge < -0.3 is 14.4 Å². The molecule has 0 aliphatic heterocycles. The van der Waals surface area contributed by atoms with E-state index in [1.807, 2.05) is 30.1 Å². The summed E-state index contributed by atoms with van der Waals surface area (Å²) in [7, 11) is -4.31. The van der Waals surface area contributed by atoms with Crippen LogP contribution in [0, 0.1) is 18.7 Å². The summed E-state index contributed by atoms with van der Waals surface area (Å²) in [6, 6.07) is 6.30. The fourth-order valence-corrected chi connectivity index (χ4v) is 6.19. The van der Waals surface area contributed by atoms with Crippen molar-refractivity contribution in [3.05, 3.63) is 58.7 Å². The molecular formula is C24H30FN3O5S2. The minimum Gasteiger partial charge on any atom is -0.446 e. The largest absolute Gasteiger partial charge is 0.446 e. The number of carbonyl (C=O) groups is 1. The van der Waals surface area contributed by atoms with Crippen molar-refractivity contribution in [2.45, 2.75) is 57.4 Å². The van der Waals surface area contributed by atoms with Gasteiger partial charge in [-0.25, -0.2) is 27.3 Å². The molecule has 0 spiro atoms. The molecule has 0 unspecified atom stereocenters. The highest BCUT2D eigenvalue weighted by Crippen LogP contribution is 2.37. The summed E-state index contributed by atoms with van der Waals surface area (Å²) in [4.78, 5) is 17.0. The number of aliphatic hydroxyl groups is 1. The van der Waals surface area contributed by atoms with Crippen molar-refractivity contribution in [2.24, 2.45) is 5.92 Å². The minimum absolute atomic E-state index is 0.106. The number of sulfonamides is 1. The number of amides is 1. The molecule has 0 aliphatic carbocycles. The predicted molar refractivity (Wildman–Crippen MR) is 132 cm³/mol. The van der Waals surface area contributed by atoms with E-state index in [1.165, 1.54) is 19.9 Å². The number of thiophene rings is 1. The van der Waals surface area contributed by atoms with Crippen LogP contribution in [0.1, 0.15) is 44.0 Å². The Hall–Kier alpha value is -2.76. The Morgan fingerprint density at radius 3 is 2.60 bits per heavy atom. The molecule has 3 rings (SSSR count). The van der Waals surface area contributed by atoms with Crippen molar-refractivity contribution in [1.82, 2.24) is 14.3 Å². The van der Waals surface area contributed by atoms with Crippen LogP contribution in [0.2, 0.25) is 0 Å². The third-order valence-corrected chi connectivity index (χ3v) is 8.01. The highest BCUT2D eigenvalue weighted by Gasteiger charge is 2.27. The first-order chi connectivity index (χ1) is 16.2. The Labute approximate surface area is 208 Å². The predicted octanol–water partition coefficient (Wildman–Crippen LogP) is 4.49. The third-order valence-electron chi connectivity index (χ3n) is 5.01. The van der Waals surface area contributed by atoms with E-state index in [-0.39, 0.29) is 16.7 Å². The van der Waals surface area contributed by atoms with Gasteiger partial charge in [-0.15, -0.1) is 11.3 Å². The Kier molecular flexibility index (Phi) is 8.03. The number of rotatable bonds is 9. The summed E-state index contributed by atoms with van der Waals surface area (Å²) in [5, 5.41) is 9.71. The van der Waals surface area contributed by atoms with E-state index >= 15 is 4.39 Å². The number of carbonyl (C=O) groups excluding carboxylic acids is 1. The van der Waals surface area contributed by atoms with Gasteiger partial charge >= 0.3 is 6.09 Å². The summed E-state index contributed by atoms with van der Waals surface area (Å²) in [5.41, 5.74) is -0.193. The molecule has 8 nitrogen and oxygen atoms in total. The Morgan fingerprint density at radius 2 is 2.03 bits per heavy atom. The lowest BCUT2D eigenvalue weighted by molar-refractivity contribution is 0.00835. The molecule has 0 radical (unpaired) electrons. The van der Waals surface area contributed by atoms with Crippen LogP contribution < -0.4 is 4.72 Å². The van der Waals surface area contributed by atoms with Gasteiger partial charge in [-0.2, -0.15) is 0 Å². The Bertz CT molecular complexity index is 1310. The number of nitrogens with zero attached hydrogens (tertiary/aromatic N) is 2. The molecule has 0 bridgehead atoms. The van der Waals surface area contributed by atoms with Crippen molar-refractivity contribution in [3.8, 4) is 11.1 Å². The van der Waals surface area contributed by atoms with Crippen LogP contribution in [0.4, 0.5) is 9.18 Å². The van der Waals surface area contributed by atoms with E-state index in [0.717, 1.165) is 22.0 Å². The van der Waals surface area contributed by atoms with Gasteiger partial charge in [-0.3, -0.25) is 0 Å². The van der Waals surface area contributed by atoms with Gasteiger partial charge in [0.15, 0.2) is 0 Å². The fraction of sp³-hybridized carbons (Fsp3) is 0.417. The van der Waals surface area contributed by atoms with Crippen LogP contribution in [0.3, 0.4) is 0 Å². The maximum absolute atomic E-state index is 15.0. The summed E-state index contributed by atoms with van der Waals surface area (Å²) >= 11 is 1.03. The summed E-state index contributed by atoms with van der Waals surface area (Å²) in [6.07, 6.45) is 2.82. The quantitative estimate of drug-likeness (QED) is 0.428. The van der Waals surface area contributed by atoms with Crippen LogP contribution in [-0.4, -0.2) is 41.4 Å². The van der Waals surface area contributed by atoms with Crippen LogP contribution in [-0.2, 0) is 27.7 Å². The Morgan fingerprint density at radius 1 is 1.31 bits per heavy atom. The molecule has 0 saturated carbocycles. The van der Waals surface area contributed by atoms with Gasteiger partial charge in [0.25, 0.3) is 10.0 Å². The lowest BCUT2D eigenvalue weighted by Gasteiger charge is -2.17. The number of aromatic nitrogens is 2. The first-order valence-corrected chi connectivity index (χ1v) is 13.4. The molecule has 35 heavy (non-hydrogen) atoms. The van der Waals surface area contributed by atoms with Crippen molar-refractivity contribution < 1.29 is 27.4 Å². The van der Waals surface area contributed by atoms with Gasteiger partial charge in [0, 0.05) is 28.4 Å². The average Bonchev–Trinajstić information content (AvgIpc) is 3.33. The van der Waals surface area contributed by atoms with E-state index in [1.54, 1.807) is 30.6 Å². The molecule has 2 heterocycles. The zero-order chi connectivity index (χ0) is 26.0. The highest BCUT2D eigenvalue weighted by atomic mass is 32.2. The van der Waals surface area contributed by atoms with Gasteiger partial charge in [-0.05, 0) is 50.8 Å². The van der Waals surface area contributed by atoms with Crippen LogP contribution in [0.5, 0.6) is 0 Å². The molecule has 0 aliphatic rings. The first-order valence-electron chi connectivity index (χ1n) is 11.1. The second kappa shape index (κ2) is 10.5. The molecule has 2 aromatic heterocycles. The second-order valence-corrected chi connectivity index (χ2v) is 12.4. The monoisotopic (exact) mass is 523 g/mol. The molecule has 0 saturated heterocycles. The first kappa shape index (κ1) is 26.8. The zero-order valence-corrected chi connectivity index (χ0v) is 22.0. The average molecular weight is 524 g/mol. The highest BCUT2D eigenvalue weighted by molar-refractivity contribution is 7.92. The van der Waals surface area contributed by atoms with E-state index in [4.69, 9.17) is 4.74 Å². The maximum Gasteiger partial charge on any atom is 0.421 e. The van der Waals surface area contributed by atoms with Gasteiger partial charge in [0.2, 0.25) is 0 Å². The topological polar surface area (TPSA) is 111 Å². The summed E-state index contributed by atoms with van der Waals surface area (Å²) in [6.45, 7) is 8.60. The van der Waals surface area contributed by atoms with Crippen molar-refractivity contribution in [2.75, 3.05) is 6.61 Å². The lowest BCUT2D eigenvalue weighted by atomic mass is 10.0. The maximum atomic E-state index is 15.0. The number of benzene rings is 1. The SMILES string of the molecule is Cc1nccn1Cc1ccc(-c2cc(CC(C)C)sc2S(=O)(=O)NC(=O)OCC(C)(C)O)cc1F. The molecule has 1 amide bonds. The number of aryl methyl sites for hydroxylation is 1. The number of hydrogen-bond acceptors (Lipinski definition) is 7. The normalized spacial score (nSPS) is 12.2. The van der Waals surface area contributed by atoms with Crippen molar-refractivity contribution in [1.29, 1.82) is 0 Å². The molecular weight excluding hydrogens is 493 g/mol. The molecule has 0 fully saturated rings. The van der Waals surface area contributed by atoms with Gasteiger partial charge in [-0.1, -0.05) is 26.0 Å².